The summed E-state index contributed by atoms with van der Waals surface area (Å²) in [6, 6.07) is 30.1. The monoisotopic (exact) mass is 415 g/mol. The summed E-state index contributed by atoms with van der Waals surface area (Å²) in [7, 11) is 0. The molecule has 31 heavy (non-hydrogen) atoms. The van der Waals surface area contributed by atoms with Crippen molar-refractivity contribution in [3.8, 4) is 0 Å². The summed E-state index contributed by atoms with van der Waals surface area (Å²) in [5.41, 5.74) is 3.33. The van der Waals surface area contributed by atoms with Crippen LogP contribution in [0.25, 0.3) is 0 Å². The van der Waals surface area contributed by atoms with E-state index in [0.29, 0.717) is 13.0 Å². The fourth-order valence-corrected chi connectivity index (χ4v) is 3.76. The maximum absolute atomic E-state index is 12.4. The molecule has 160 valence electrons. The fourth-order valence-electron chi connectivity index (χ4n) is 3.76. The SMILES string of the molecule is CC[C@H](C(=O)OCC(=O)NCCC(c1ccccc1)c1ccccc1)c1ccccc1. The summed E-state index contributed by atoms with van der Waals surface area (Å²) < 4.78 is 5.29. The molecule has 0 fully saturated rings. The van der Waals surface area contributed by atoms with Crippen molar-refractivity contribution in [3.05, 3.63) is 108 Å². The Kier molecular flexibility index (Phi) is 8.41. The number of carbonyl (C=O) groups is 2. The highest BCUT2D eigenvalue weighted by atomic mass is 16.5. The largest absolute Gasteiger partial charge is 0.455 e. The van der Waals surface area contributed by atoms with Crippen LogP contribution in [0.5, 0.6) is 0 Å². The molecular formula is C27H29NO3. The van der Waals surface area contributed by atoms with Crippen LogP contribution < -0.4 is 5.32 Å². The van der Waals surface area contributed by atoms with Crippen LogP contribution >= 0.6 is 0 Å². The van der Waals surface area contributed by atoms with Gasteiger partial charge in [0.1, 0.15) is 0 Å². The number of esters is 1. The molecule has 0 aliphatic rings. The quantitative estimate of drug-likeness (QED) is 0.471. The first kappa shape index (κ1) is 22.3. The number of hydrogen-bond acceptors (Lipinski definition) is 3. The van der Waals surface area contributed by atoms with Crippen molar-refractivity contribution in [3.63, 3.8) is 0 Å². The van der Waals surface area contributed by atoms with E-state index in [2.05, 4.69) is 29.6 Å². The average molecular weight is 416 g/mol. The number of carbonyl (C=O) groups excluding carboxylic acids is 2. The van der Waals surface area contributed by atoms with Gasteiger partial charge in [-0.1, -0.05) is 97.9 Å². The molecule has 0 heterocycles. The van der Waals surface area contributed by atoms with Gasteiger partial charge in [0, 0.05) is 12.5 Å². The van der Waals surface area contributed by atoms with Crippen LogP contribution in [0.4, 0.5) is 0 Å². The van der Waals surface area contributed by atoms with E-state index in [9.17, 15) is 9.59 Å². The number of nitrogens with one attached hydrogen (secondary N) is 1. The summed E-state index contributed by atoms with van der Waals surface area (Å²) in [4.78, 5) is 24.7. The lowest BCUT2D eigenvalue weighted by atomic mass is 9.88. The van der Waals surface area contributed by atoms with E-state index in [0.717, 1.165) is 12.0 Å². The van der Waals surface area contributed by atoms with E-state index in [4.69, 9.17) is 4.74 Å². The van der Waals surface area contributed by atoms with Crippen molar-refractivity contribution in [2.24, 2.45) is 0 Å². The van der Waals surface area contributed by atoms with Crippen molar-refractivity contribution in [1.29, 1.82) is 0 Å². The Hall–Kier alpha value is -3.40. The molecule has 4 heteroatoms. The van der Waals surface area contributed by atoms with Gasteiger partial charge in [0.2, 0.25) is 0 Å². The normalized spacial score (nSPS) is 11.7. The Labute approximate surface area is 184 Å². The zero-order chi connectivity index (χ0) is 21.9. The Morgan fingerprint density at radius 1 is 0.774 bits per heavy atom. The van der Waals surface area contributed by atoms with E-state index in [1.165, 1.54) is 11.1 Å². The molecule has 0 saturated heterocycles. The zero-order valence-electron chi connectivity index (χ0n) is 17.9. The topological polar surface area (TPSA) is 55.4 Å². The van der Waals surface area contributed by atoms with Crippen molar-refractivity contribution < 1.29 is 14.3 Å². The van der Waals surface area contributed by atoms with Gasteiger partial charge in [-0.3, -0.25) is 9.59 Å². The lowest BCUT2D eigenvalue weighted by molar-refractivity contribution is -0.150. The van der Waals surface area contributed by atoms with Gasteiger partial charge in [-0.2, -0.15) is 0 Å². The second-order valence-electron chi connectivity index (χ2n) is 7.49. The summed E-state index contributed by atoms with van der Waals surface area (Å²) in [6.45, 7) is 2.18. The van der Waals surface area contributed by atoms with Crippen molar-refractivity contribution in [1.82, 2.24) is 5.32 Å². The predicted molar refractivity (Wildman–Crippen MR) is 123 cm³/mol. The zero-order valence-corrected chi connectivity index (χ0v) is 17.9. The maximum Gasteiger partial charge on any atom is 0.313 e. The molecule has 0 unspecified atom stereocenters. The van der Waals surface area contributed by atoms with Gasteiger partial charge in [-0.15, -0.1) is 0 Å². The third-order valence-electron chi connectivity index (χ3n) is 5.40. The molecule has 1 amide bonds. The minimum atomic E-state index is -0.365. The molecule has 0 aliphatic heterocycles. The molecule has 4 nitrogen and oxygen atoms in total. The van der Waals surface area contributed by atoms with E-state index in [1.807, 2.05) is 73.7 Å². The Morgan fingerprint density at radius 3 is 1.74 bits per heavy atom. The van der Waals surface area contributed by atoms with E-state index in [1.54, 1.807) is 0 Å². The van der Waals surface area contributed by atoms with Crippen LogP contribution in [-0.2, 0) is 14.3 Å². The van der Waals surface area contributed by atoms with Crippen molar-refractivity contribution in [2.75, 3.05) is 13.2 Å². The standard InChI is InChI=1S/C27H29NO3/c1-2-24(21-12-6-3-7-13-21)27(30)31-20-26(29)28-19-18-25(22-14-8-4-9-15-22)23-16-10-5-11-17-23/h3-17,24-25H,2,18-20H2,1H3,(H,28,29)/t24-/m0/s1. The van der Waals surface area contributed by atoms with Crippen LogP contribution in [0.3, 0.4) is 0 Å². The highest BCUT2D eigenvalue weighted by Crippen LogP contribution is 2.27. The van der Waals surface area contributed by atoms with Crippen molar-refractivity contribution >= 4 is 11.9 Å². The van der Waals surface area contributed by atoms with Gasteiger partial charge >= 0.3 is 5.97 Å². The molecular weight excluding hydrogens is 386 g/mol. The molecule has 3 rings (SSSR count). The second kappa shape index (κ2) is 11.7. The van der Waals surface area contributed by atoms with Crippen LogP contribution in [0, 0.1) is 0 Å². The molecule has 0 radical (unpaired) electrons. The predicted octanol–water partition coefficient (Wildman–Crippen LogP) is 5.06. The lowest BCUT2D eigenvalue weighted by Crippen LogP contribution is -2.31. The Morgan fingerprint density at radius 2 is 1.26 bits per heavy atom. The van der Waals surface area contributed by atoms with E-state index < -0.39 is 0 Å². The summed E-state index contributed by atoms with van der Waals surface area (Å²) in [6.07, 6.45) is 1.38. The number of amides is 1. The smallest absolute Gasteiger partial charge is 0.313 e. The van der Waals surface area contributed by atoms with Gasteiger partial charge in [0.15, 0.2) is 6.61 Å². The van der Waals surface area contributed by atoms with E-state index >= 15 is 0 Å². The lowest BCUT2D eigenvalue weighted by Gasteiger charge is -2.19. The summed E-state index contributed by atoms with van der Waals surface area (Å²) in [5.74, 6) is -0.811. The van der Waals surface area contributed by atoms with Gasteiger partial charge in [0.25, 0.3) is 5.91 Å². The third kappa shape index (κ3) is 6.54. The third-order valence-corrected chi connectivity index (χ3v) is 5.40. The van der Waals surface area contributed by atoms with Gasteiger partial charge in [-0.25, -0.2) is 0 Å². The molecule has 0 bridgehead atoms. The Balaban J connectivity index is 1.51. The number of hydrogen-bond donors (Lipinski definition) is 1. The number of ether oxygens (including phenoxy) is 1. The molecule has 0 aromatic heterocycles. The maximum atomic E-state index is 12.4. The minimum absolute atomic E-state index is 0.188. The highest BCUT2D eigenvalue weighted by Gasteiger charge is 2.21. The molecule has 3 aromatic rings. The number of rotatable bonds is 10. The Bertz CT molecular complexity index is 902. The molecule has 0 spiro atoms. The molecule has 0 saturated carbocycles. The van der Waals surface area contributed by atoms with Crippen LogP contribution in [0.15, 0.2) is 91.0 Å². The summed E-state index contributed by atoms with van der Waals surface area (Å²) in [5, 5.41) is 2.89. The first-order valence-corrected chi connectivity index (χ1v) is 10.8. The molecule has 3 aromatic carbocycles. The molecule has 1 N–H and O–H groups in total. The van der Waals surface area contributed by atoms with Crippen LogP contribution in [0.2, 0.25) is 0 Å². The molecule has 1 atom stereocenters. The van der Waals surface area contributed by atoms with Crippen LogP contribution in [-0.4, -0.2) is 25.0 Å². The van der Waals surface area contributed by atoms with Gasteiger partial charge in [-0.05, 0) is 29.5 Å². The fraction of sp³-hybridized carbons (Fsp3) is 0.259. The first-order chi connectivity index (χ1) is 15.2. The van der Waals surface area contributed by atoms with Crippen molar-refractivity contribution in [2.45, 2.75) is 31.6 Å². The summed E-state index contributed by atoms with van der Waals surface area (Å²) >= 11 is 0. The second-order valence-corrected chi connectivity index (χ2v) is 7.49. The van der Waals surface area contributed by atoms with E-state index in [-0.39, 0.29) is 30.3 Å². The number of benzene rings is 3. The van der Waals surface area contributed by atoms with Crippen LogP contribution in [0.1, 0.15) is 48.3 Å². The minimum Gasteiger partial charge on any atom is -0.455 e. The molecule has 0 aliphatic carbocycles. The first-order valence-electron chi connectivity index (χ1n) is 10.8. The average Bonchev–Trinajstić information content (AvgIpc) is 2.83. The van der Waals surface area contributed by atoms with Gasteiger partial charge in [0.05, 0.1) is 5.92 Å². The van der Waals surface area contributed by atoms with Gasteiger partial charge < -0.3 is 10.1 Å². The highest BCUT2D eigenvalue weighted by molar-refractivity contribution is 5.83.